The van der Waals surface area contributed by atoms with E-state index in [1.807, 2.05) is 36.4 Å². The molecule has 3 aromatic rings. The van der Waals surface area contributed by atoms with Gasteiger partial charge in [-0.25, -0.2) is 4.39 Å². The second-order valence-corrected chi connectivity index (χ2v) is 7.21. The van der Waals surface area contributed by atoms with Gasteiger partial charge in [-0.1, -0.05) is 60.7 Å². The molecule has 0 aromatic heterocycles. The van der Waals surface area contributed by atoms with Crippen molar-refractivity contribution in [3.8, 4) is 5.75 Å². The van der Waals surface area contributed by atoms with Crippen molar-refractivity contribution in [2.45, 2.75) is 18.6 Å². The van der Waals surface area contributed by atoms with Crippen LogP contribution in [0.15, 0.2) is 84.9 Å². The van der Waals surface area contributed by atoms with E-state index in [0.29, 0.717) is 25.3 Å². The number of benzene rings is 3. The summed E-state index contributed by atoms with van der Waals surface area (Å²) in [6.07, 6.45) is -0.148. The molecule has 0 saturated carbocycles. The lowest BCUT2D eigenvalue weighted by Gasteiger charge is -2.34. The Bertz CT molecular complexity index is 819. The van der Waals surface area contributed by atoms with Crippen LogP contribution < -0.4 is 4.74 Å². The molecule has 30 heavy (non-hydrogen) atoms. The standard InChI is InChI=1S/C25H28FNO3/c26-22-12-14-24(15-13-22)30-19-23(29)18-27(16-7-17-28)25(20-8-3-1-4-9-20)21-10-5-2-6-11-21/h1-6,8-15,23,25,28-29H,7,16-19H2. The molecule has 1 atom stereocenters. The lowest BCUT2D eigenvalue weighted by molar-refractivity contribution is 0.0551. The first-order valence-electron chi connectivity index (χ1n) is 10.2. The number of nitrogens with zero attached hydrogens (tertiary/aromatic N) is 1. The first-order valence-corrected chi connectivity index (χ1v) is 10.2. The summed E-state index contributed by atoms with van der Waals surface area (Å²) in [5, 5.41) is 20.1. The molecule has 1 unspecified atom stereocenters. The third-order valence-electron chi connectivity index (χ3n) is 4.90. The predicted molar refractivity (Wildman–Crippen MR) is 116 cm³/mol. The maximum Gasteiger partial charge on any atom is 0.123 e. The second-order valence-electron chi connectivity index (χ2n) is 7.21. The number of rotatable bonds is 11. The highest BCUT2D eigenvalue weighted by molar-refractivity contribution is 5.32. The molecule has 0 amide bonds. The molecule has 2 N–H and O–H groups in total. The molecule has 158 valence electrons. The molecule has 3 rings (SSSR count). The lowest BCUT2D eigenvalue weighted by atomic mass is 9.96. The predicted octanol–water partition coefficient (Wildman–Crippen LogP) is 4.04. The molecule has 0 fully saturated rings. The van der Waals surface area contributed by atoms with Crippen LogP contribution in [0.2, 0.25) is 0 Å². The van der Waals surface area contributed by atoms with Gasteiger partial charge in [-0.05, 0) is 41.8 Å². The smallest absolute Gasteiger partial charge is 0.123 e. The Morgan fingerprint density at radius 3 is 1.93 bits per heavy atom. The Kier molecular flexibility index (Phi) is 8.39. The van der Waals surface area contributed by atoms with Crippen molar-refractivity contribution in [2.75, 3.05) is 26.3 Å². The van der Waals surface area contributed by atoms with Gasteiger partial charge in [0.05, 0.1) is 6.04 Å². The highest BCUT2D eigenvalue weighted by atomic mass is 19.1. The molecule has 0 aliphatic carbocycles. The van der Waals surface area contributed by atoms with Crippen LogP contribution >= 0.6 is 0 Å². The average molecular weight is 410 g/mol. The fraction of sp³-hybridized carbons (Fsp3) is 0.280. The van der Waals surface area contributed by atoms with Crippen molar-refractivity contribution in [1.29, 1.82) is 0 Å². The summed E-state index contributed by atoms with van der Waals surface area (Å²) in [5.74, 6) is 0.187. The Morgan fingerprint density at radius 2 is 1.40 bits per heavy atom. The van der Waals surface area contributed by atoms with Gasteiger partial charge in [-0.2, -0.15) is 0 Å². The number of aliphatic hydroxyl groups is 2. The zero-order valence-electron chi connectivity index (χ0n) is 16.9. The van der Waals surface area contributed by atoms with Gasteiger partial charge in [0.15, 0.2) is 0 Å². The van der Waals surface area contributed by atoms with E-state index in [9.17, 15) is 14.6 Å². The molecule has 5 heteroatoms. The van der Waals surface area contributed by atoms with Crippen LogP contribution in [0.1, 0.15) is 23.6 Å². The summed E-state index contributed by atoms with van der Waals surface area (Å²) >= 11 is 0. The highest BCUT2D eigenvalue weighted by Gasteiger charge is 2.24. The van der Waals surface area contributed by atoms with E-state index in [0.717, 1.165) is 11.1 Å². The van der Waals surface area contributed by atoms with Crippen LogP contribution in [0.25, 0.3) is 0 Å². The largest absolute Gasteiger partial charge is 0.491 e. The maximum absolute atomic E-state index is 13.1. The summed E-state index contributed by atoms with van der Waals surface area (Å²) < 4.78 is 18.7. The van der Waals surface area contributed by atoms with Crippen molar-refractivity contribution in [2.24, 2.45) is 0 Å². The fourth-order valence-corrected chi connectivity index (χ4v) is 3.53. The third kappa shape index (κ3) is 6.39. The summed E-state index contributed by atoms with van der Waals surface area (Å²) in [6, 6.07) is 26.0. The van der Waals surface area contributed by atoms with Crippen molar-refractivity contribution in [3.63, 3.8) is 0 Å². The lowest BCUT2D eigenvalue weighted by Crippen LogP contribution is -2.39. The number of hydrogen-bond donors (Lipinski definition) is 2. The van der Waals surface area contributed by atoms with Gasteiger partial charge in [-0.15, -0.1) is 0 Å². The monoisotopic (exact) mass is 409 g/mol. The molecule has 0 aliphatic rings. The normalized spacial score (nSPS) is 12.3. The average Bonchev–Trinajstić information content (AvgIpc) is 2.78. The highest BCUT2D eigenvalue weighted by Crippen LogP contribution is 2.29. The van der Waals surface area contributed by atoms with Gasteiger partial charge in [0.2, 0.25) is 0 Å². The molecule has 0 radical (unpaired) electrons. The number of halogens is 1. The molecule has 0 heterocycles. The number of ether oxygens (including phenoxy) is 1. The first-order chi connectivity index (χ1) is 14.7. The van der Waals surface area contributed by atoms with Gasteiger partial charge < -0.3 is 14.9 Å². The minimum atomic E-state index is -0.747. The minimum absolute atomic E-state index is 0.0561. The van der Waals surface area contributed by atoms with Crippen molar-refractivity contribution in [1.82, 2.24) is 4.90 Å². The summed E-state index contributed by atoms with van der Waals surface area (Å²) in [7, 11) is 0. The van der Waals surface area contributed by atoms with E-state index in [1.165, 1.54) is 12.1 Å². The topological polar surface area (TPSA) is 52.9 Å². The van der Waals surface area contributed by atoms with Crippen LogP contribution in [-0.4, -0.2) is 47.5 Å². The third-order valence-corrected chi connectivity index (χ3v) is 4.90. The first kappa shape index (κ1) is 22.0. The molecule has 0 saturated heterocycles. The summed E-state index contributed by atoms with van der Waals surface area (Å²) in [5.41, 5.74) is 2.24. The maximum atomic E-state index is 13.1. The van der Waals surface area contributed by atoms with Gasteiger partial charge in [0.25, 0.3) is 0 Å². The second kappa shape index (κ2) is 11.5. The molecule has 0 aliphatic heterocycles. The quantitative estimate of drug-likeness (QED) is 0.502. The molecular formula is C25H28FNO3. The minimum Gasteiger partial charge on any atom is -0.491 e. The van der Waals surface area contributed by atoms with E-state index >= 15 is 0 Å². The molecule has 0 spiro atoms. The molecule has 0 bridgehead atoms. The Labute approximate surface area is 177 Å². The molecule has 4 nitrogen and oxygen atoms in total. The van der Waals surface area contributed by atoms with E-state index < -0.39 is 6.10 Å². The molecular weight excluding hydrogens is 381 g/mol. The van der Waals surface area contributed by atoms with Crippen molar-refractivity contribution in [3.05, 3.63) is 102 Å². The van der Waals surface area contributed by atoms with Crippen LogP contribution in [0, 0.1) is 5.82 Å². The van der Waals surface area contributed by atoms with Crippen LogP contribution in [0.3, 0.4) is 0 Å². The van der Waals surface area contributed by atoms with Crippen LogP contribution in [0.5, 0.6) is 5.75 Å². The van der Waals surface area contributed by atoms with E-state index in [2.05, 4.69) is 29.2 Å². The number of hydrogen-bond acceptors (Lipinski definition) is 4. The summed E-state index contributed by atoms with van der Waals surface area (Å²) in [6.45, 7) is 1.17. The fourth-order valence-electron chi connectivity index (χ4n) is 3.53. The van der Waals surface area contributed by atoms with Gasteiger partial charge >= 0.3 is 0 Å². The van der Waals surface area contributed by atoms with Crippen molar-refractivity contribution < 1.29 is 19.3 Å². The van der Waals surface area contributed by atoms with Gasteiger partial charge in [-0.3, -0.25) is 4.90 Å². The Balaban J connectivity index is 1.76. The zero-order chi connectivity index (χ0) is 21.2. The van der Waals surface area contributed by atoms with Gasteiger partial charge in [0, 0.05) is 19.7 Å². The van der Waals surface area contributed by atoms with Crippen LogP contribution in [-0.2, 0) is 0 Å². The summed E-state index contributed by atoms with van der Waals surface area (Å²) in [4.78, 5) is 2.17. The van der Waals surface area contributed by atoms with E-state index in [4.69, 9.17) is 4.74 Å². The Hall–Kier alpha value is -2.73. The van der Waals surface area contributed by atoms with E-state index in [1.54, 1.807) is 12.1 Å². The number of aliphatic hydroxyl groups excluding tert-OH is 2. The van der Waals surface area contributed by atoms with Crippen molar-refractivity contribution >= 4 is 0 Å². The zero-order valence-corrected chi connectivity index (χ0v) is 16.9. The van der Waals surface area contributed by atoms with Crippen LogP contribution in [0.4, 0.5) is 4.39 Å². The molecule has 3 aromatic carbocycles. The van der Waals surface area contributed by atoms with E-state index in [-0.39, 0.29) is 25.1 Å². The van der Waals surface area contributed by atoms with Gasteiger partial charge in [0.1, 0.15) is 24.3 Å². The SMILES string of the molecule is OCCCN(CC(O)COc1ccc(F)cc1)C(c1ccccc1)c1ccccc1. The Morgan fingerprint density at radius 1 is 0.833 bits per heavy atom.